The van der Waals surface area contributed by atoms with Crippen molar-refractivity contribution in [2.75, 3.05) is 7.11 Å². The molecule has 2 aromatic carbocycles. The van der Waals surface area contributed by atoms with Crippen molar-refractivity contribution >= 4 is 29.1 Å². The summed E-state index contributed by atoms with van der Waals surface area (Å²) in [4.78, 5) is 0. The van der Waals surface area contributed by atoms with Crippen molar-refractivity contribution in [3.05, 3.63) is 70.8 Å². The number of hydrogen-bond acceptors (Lipinski definition) is 1. The van der Waals surface area contributed by atoms with Crippen molar-refractivity contribution in [2.24, 2.45) is 0 Å². The van der Waals surface area contributed by atoms with E-state index in [-0.39, 0.29) is 0 Å². The summed E-state index contributed by atoms with van der Waals surface area (Å²) in [7, 11) is 14.3. The van der Waals surface area contributed by atoms with Gasteiger partial charge in [0.15, 0.2) is 0 Å². The molecule has 0 fully saturated rings. The number of fused-ring (bicyclic) bond motifs is 1. The Kier molecular flexibility index (Phi) is 4.31. The van der Waals surface area contributed by atoms with Gasteiger partial charge < -0.3 is 0 Å². The van der Waals surface area contributed by atoms with Gasteiger partial charge in [-0.15, -0.1) is 0 Å². The Labute approximate surface area is 137 Å². The first-order chi connectivity index (χ1) is 10.1. The Balaban J connectivity index is 2.29. The number of rotatable bonds is 2. The predicted octanol–water partition coefficient (Wildman–Crippen LogP) is 4.90. The second kappa shape index (κ2) is 6.04. The molecule has 4 heteroatoms. The molecule has 1 nitrogen and oxygen atoms in total. The first-order valence-corrected chi connectivity index (χ1v) is 11.8. The van der Waals surface area contributed by atoms with Crippen molar-refractivity contribution in [1.82, 2.24) is 0 Å². The molecule has 0 spiro atoms. The van der Waals surface area contributed by atoms with Crippen LogP contribution in [0.2, 0.25) is 0 Å². The Hall–Kier alpha value is -0.947. The molecule has 0 aromatic heterocycles. The molecule has 0 amide bonds. The molecule has 0 saturated carbocycles. The summed E-state index contributed by atoms with van der Waals surface area (Å²) in [5, 5.41) is 0. The van der Waals surface area contributed by atoms with E-state index in [4.69, 9.17) is 24.1 Å². The maximum absolute atomic E-state index is 6.31. The van der Waals surface area contributed by atoms with Crippen molar-refractivity contribution in [3.63, 3.8) is 0 Å². The average molecular weight is 406 g/mol. The van der Waals surface area contributed by atoms with Crippen LogP contribution in [0.3, 0.4) is 0 Å². The molecule has 2 aromatic rings. The summed E-state index contributed by atoms with van der Waals surface area (Å²) >= 11 is -1.98. The topological polar surface area (TPSA) is 9.23 Å². The van der Waals surface area contributed by atoms with Gasteiger partial charge in [-0.1, -0.05) is 0 Å². The van der Waals surface area contributed by atoms with Crippen LogP contribution in [-0.4, -0.2) is 11.2 Å². The molecule has 1 aliphatic carbocycles. The van der Waals surface area contributed by atoms with Gasteiger partial charge >= 0.3 is 138 Å². The van der Waals surface area contributed by atoms with E-state index in [1.807, 2.05) is 24.3 Å². The van der Waals surface area contributed by atoms with Crippen LogP contribution in [0.15, 0.2) is 48.5 Å². The number of benzene rings is 2. The van der Waals surface area contributed by atoms with Crippen LogP contribution >= 0.6 is 19.4 Å². The van der Waals surface area contributed by atoms with E-state index in [9.17, 15) is 0 Å². The van der Waals surface area contributed by atoms with Crippen LogP contribution in [0.4, 0.5) is 0 Å². The van der Waals surface area contributed by atoms with E-state index in [2.05, 4.69) is 31.2 Å². The van der Waals surface area contributed by atoms with E-state index in [0.717, 1.165) is 21.0 Å². The normalized spacial score (nSPS) is 13.8. The molecule has 3 rings (SSSR count). The first kappa shape index (κ1) is 15.0. The summed E-state index contributed by atoms with van der Waals surface area (Å²) in [5.41, 5.74) is 5.83. The molecule has 110 valence electrons. The van der Waals surface area contributed by atoms with Gasteiger partial charge in [0.05, 0.1) is 0 Å². The van der Waals surface area contributed by atoms with Gasteiger partial charge in [-0.05, 0) is 0 Å². The van der Waals surface area contributed by atoms with Crippen LogP contribution in [0.25, 0.3) is 5.57 Å². The second-order valence-corrected chi connectivity index (χ2v) is 10.6. The summed E-state index contributed by atoms with van der Waals surface area (Å²) in [6.07, 6.45) is 2.14. The quantitative estimate of drug-likeness (QED) is 0.645. The molecule has 0 N–H and O–H groups in total. The molecule has 1 aliphatic rings. The molecule has 0 heterocycles. The van der Waals surface area contributed by atoms with Crippen LogP contribution < -0.4 is 4.74 Å². The molecule has 0 saturated heterocycles. The molecule has 21 heavy (non-hydrogen) atoms. The van der Waals surface area contributed by atoms with Crippen molar-refractivity contribution < 1.29 is 18.3 Å². The van der Waals surface area contributed by atoms with Gasteiger partial charge in [-0.2, -0.15) is 0 Å². The number of ether oxygens (including phenoxy) is 1. The van der Waals surface area contributed by atoms with E-state index in [1.54, 1.807) is 7.11 Å². The maximum atomic E-state index is 6.31. The number of allylic oxidation sites excluding steroid dienone is 1. The van der Waals surface area contributed by atoms with Crippen LogP contribution in [0, 0.1) is 6.92 Å². The summed E-state index contributed by atoms with van der Waals surface area (Å²) in [6, 6.07) is 14.4. The fourth-order valence-corrected chi connectivity index (χ4v) is 5.22. The number of hydrogen-bond donors (Lipinski definition) is 0. The van der Waals surface area contributed by atoms with Crippen LogP contribution in [0.1, 0.15) is 22.3 Å². The first-order valence-electron chi connectivity index (χ1n) is 6.45. The number of aryl methyl sites for hydroxylation is 1. The van der Waals surface area contributed by atoms with E-state index < -0.39 is 13.5 Å². The Bertz CT molecular complexity index is 760. The third-order valence-corrected chi connectivity index (χ3v) is 6.66. The third kappa shape index (κ3) is 2.73. The summed E-state index contributed by atoms with van der Waals surface area (Å²) in [6.45, 7) is 2.08. The molecule has 0 bridgehead atoms. The van der Waals surface area contributed by atoms with Gasteiger partial charge in [0.2, 0.25) is 0 Å². The van der Waals surface area contributed by atoms with E-state index in [0.29, 0.717) is 0 Å². The minimum absolute atomic E-state index is 0.859. The minimum atomic E-state index is -1.98. The molecular weight excluding hydrogens is 392 g/mol. The fourth-order valence-electron chi connectivity index (χ4n) is 2.63. The zero-order valence-corrected chi connectivity index (χ0v) is 14.9. The fraction of sp³-hybridized carbons (Fsp3) is 0.118. The van der Waals surface area contributed by atoms with Crippen LogP contribution in [0.5, 0.6) is 5.75 Å². The predicted molar refractivity (Wildman–Crippen MR) is 87.1 cm³/mol. The Morgan fingerprint density at radius 3 is 2.38 bits per heavy atom. The van der Waals surface area contributed by atoms with Crippen molar-refractivity contribution in [3.8, 4) is 5.75 Å². The SMILES string of the molecule is COc1cc(C)c2c(c1)C(c1ccccc1)=C[C]2=[Ru]([Cl])[Cl]. The summed E-state index contributed by atoms with van der Waals surface area (Å²) in [5.74, 6) is 0.859. The molecule has 0 radical (unpaired) electrons. The zero-order valence-electron chi connectivity index (χ0n) is 11.6. The zero-order chi connectivity index (χ0) is 15.0. The third-order valence-electron chi connectivity index (χ3n) is 3.56. The van der Waals surface area contributed by atoms with Gasteiger partial charge in [0, 0.05) is 0 Å². The van der Waals surface area contributed by atoms with E-state index >= 15 is 0 Å². The van der Waals surface area contributed by atoms with E-state index in [1.165, 1.54) is 16.7 Å². The van der Waals surface area contributed by atoms with Crippen molar-refractivity contribution in [1.29, 1.82) is 0 Å². The van der Waals surface area contributed by atoms with Gasteiger partial charge in [-0.3, -0.25) is 0 Å². The monoisotopic (exact) mass is 406 g/mol. The summed E-state index contributed by atoms with van der Waals surface area (Å²) < 4.78 is 6.50. The Morgan fingerprint density at radius 2 is 1.76 bits per heavy atom. The van der Waals surface area contributed by atoms with Gasteiger partial charge in [0.1, 0.15) is 0 Å². The molecular formula is C17H14Cl2ORu. The molecule has 0 atom stereocenters. The Morgan fingerprint density at radius 1 is 1.05 bits per heavy atom. The number of halogens is 2. The molecule has 0 aliphatic heterocycles. The number of methoxy groups -OCH3 is 1. The average Bonchev–Trinajstić information content (AvgIpc) is 2.88. The van der Waals surface area contributed by atoms with Gasteiger partial charge in [0.25, 0.3) is 0 Å². The van der Waals surface area contributed by atoms with Gasteiger partial charge in [-0.25, -0.2) is 0 Å². The molecule has 0 unspecified atom stereocenters. The van der Waals surface area contributed by atoms with Crippen LogP contribution in [-0.2, 0) is 13.5 Å². The standard InChI is InChI=1S/C17H14O.2ClH.Ru/c1-12-10-14(18-2)11-17-15(12)8-9-16(17)13-6-4-3-5-7-13;;;/h3-7,9-11H,1-2H3;2*1H;/q;;;+2/p-2. The second-order valence-electron chi connectivity index (χ2n) is 4.81. The van der Waals surface area contributed by atoms with Crippen molar-refractivity contribution in [2.45, 2.75) is 6.92 Å².